The van der Waals surface area contributed by atoms with Gasteiger partial charge in [-0.2, -0.15) is 0 Å². The molecule has 0 aromatic carbocycles. The summed E-state index contributed by atoms with van der Waals surface area (Å²) in [7, 11) is 2.06. The zero-order chi connectivity index (χ0) is 7.11. The summed E-state index contributed by atoms with van der Waals surface area (Å²) in [6.45, 7) is 4.75. The van der Waals surface area contributed by atoms with E-state index in [-0.39, 0.29) is 0 Å². The first-order valence-electron chi connectivity index (χ1n) is 3.31. The molecule has 0 saturated carbocycles. The SMILES string of the molecule is C/C=C\CN(C)CCN. The number of hydrogen-bond donors (Lipinski definition) is 1. The van der Waals surface area contributed by atoms with Crippen molar-refractivity contribution in [3.8, 4) is 0 Å². The normalized spacial score (nSPS) is 11.6. The highest BCUT2D eigenvalue weighted by Gasteiger charge is 1.89. The van der Waals surface area contributed by atoms with E-state index in [2.05, 4.69) is 18.0 Å². The smallest absolute Gasteiger partial charge is 0.0160 e. The summed E-state index contributed by atoms with van der Waals surface area (Å²) in [6, 6.07) is 0. The van der Waals surface area contributed by atoms with Crippen LogP contribution in [0.2, 0.25) is 0 Å². The number of hydrogen-bond acceptors (Lipinski definition) is 2. The summed E-state index contributed by atoms with van der Waals surface area (Å²) in [5.74, 6) is 0. The molecule has 0 aromatic heterocycles. The highest BCUT2D eigenvalue weighted by molar-refractivity contribution is 4.79. The van der Waals surface area contributed by atoms with Crippen LogP contribution in [0, 0.1) is 0 Å². The maximum atomic E-state index is 5.34. The van der Waals surface area contributed by atoms with Crippen LogP contribution in [0.3, 0.4) is 0 Å². The zero-order valence-electron chi connectivity index (χ0n) is 6.30. The number of likely N-dealkylation sites (N-methyl/N-ethyl adjacent to an activating group) is 1. The van der Waals surface area contributed by atoms with E-state index in [1.807, 2.05) is 13.0 Å². The van der Waals surface area contributed by atoms with Crippen molar-refractivity contribution in [1.82, 2.24) is 4.90 Å². The minimum atomic E-state index is 0.744. The van der Waals surface area contributed by atoms with Crippen LogP contribution in [0.15, 0.2) is 12.2 Å². The van der Waals surface area contributed by atoms with Gasteiger partial charge in [0, 0.05) is 19.6 Å². The Morgan fingerprint density at radius 2 is 2.22 bits per heavy atom. The second-order valence-electron chi connectivity index (χ2n) is 2.12. The van der Waals surface area contributed by atoms with Crippen LogP contribution in [0.1, 0.15) is 6.92 Å². The highest BCUT2D eigenvalue weighted by Crippen LogP contribution is 1.80. The van der Waals surface area contributed by atoms with Gasteiger partial charge in [0.1, 0.15) is 0 Å². The summed E-state index contributed by atoms with van der Waals surface area (Å²) in [5, 5.41) is 0. The van der Waals surface area contributed by atoms with Gasteiger partial charge in [0.05, 0.1) is 0 Å². The van der Waals surface area contributed by atoms with Gasteiger partial charge >= 0.3 is 0 Å². The highest BCUT2D eigenvalue weighted by atomic mass is 15.1. The molecule has 0 amide bonds. The molecule has 0 heterocycles. The van der Waals surface area contributed by atoms with Crippen molar-refractivity contribution in [2.45, 2.75) is 6.92 Å². The Morgan fingerprint density at radius 3 is 2.67 bits per heavy atom. The van der Waals surface area contributed by atoms with Crippen LogP contribution < -0.4 is 5.73 Å². The van der Waals surface area contributed by atoms with E-state index in [0.29, 0.717) is 0 Å². The third-order valence-corrected chi connectivity index (χ3v) is 1.16. The van der Waals surface area contributed by atoms with Gasteiger partial charge in [-0.1, -0.05) is 12.2 Å². The van der Waals surface area contributed by atoms with E-state index in [0.717, 1.165) is 19.6 Å². The molecular formula is C7H16N2. The molecule has 9 heavy (non-hydrogen) atoms. The van der Waals surface area contributed by atoms with E-state index in [9.17, 15) is 0 Å². The average molecular weight is 128 g/mol. The summed E-state index contributed by atoms with van der Waals surface area (Å²) in [6.07, 6.45) is 4.17. The molecule has 2 N–H and O–H groups in total. The van der Waals surface area contributed by atoms with Crippen LogP contribution in [0.25, 0.3) is 0 Å². The van der Waals surface area contributed by atoms with Gasteiger partial charge in [-0.25, -0.2) is 0 Å². The number of allylic oxidation sites excluding steroid dienone is 1. The molecule has 0 rings (SSSR count). The standard InChI is InChI=1S/C7H16N2/c1-3-4-6-9(2)7-5-8/h3-4H,5-8H2,1-2H3/b4-3-. The fourth-order valence-electron chi connectivity index (χ4n) is 0.597. The van der Waals surface area contributed by atoms with Gasteiger partial charge < -0.3 is 10.6 Å². The van der Waals surface area contributed by atoms with Gasteiger partial charge in [-0.3, -0.25) is 0 Å². The second kappa shape index (κ2) is 5.79. The van der Waals surface area contributed by atoms with E-state index in [1.165, 1.54) is 0 Å². The summed E-state index contributed by atoms with van der Waals surface area (Å²) in [4.78, 5) is 2.18. The molecular weight excluding hydrogens is 112 g/mol. The van der Waals surface area contributed by atoms with Crippen molar-refractivity contribution < 1.29 is 0 Å². The van der Waals surface area contributed by atoms with Crippen LogP contribution in [0.5, 0.6) is 0 Å². The monoisotopic (exact) mass is 128 g/mol. The molecule has 0 bridgehead atoms. The lowest BCUT2D eigenvalue weighted by Gasteiger charge is -2.11. The van der Waals surface area contributed by atoms with Crippen LogP contribution in [-0.4, -0.2) is 31.6 Å². The lowest BCUT2D eigenvalue weighted by molar-refractivity contribution is 0.381. The maximum absolute atomic E-state index is 5.34. The van der Waals surface area contributed by atoms with Crippen LogP contribution >= 0.6 is 0 Å². The lowest BCUT2D eigenvalue weighted by Crippen LogP contribution is -2.25. The molecule has 0 radical (unpaired) electrons. The van der Waals surface area contributed by atoms with Crippen LogP contribution in [-0.2, 0) is 0 Å². The van der Waals surface area contributed by atoms with Crippen molar-refractivity contribution in [1.29, 1.82) is 0 Å². The average Bonchev–Trinajstić information content (AvgIpc) is 1.85. The van der Waals surface area contributed by atoms with E-state index < -0.39 is 0 Å². The Bertz CT molecular complexity index is 79.0. The Balaban J connectivity index is 3.15. The van der Waals surface area contributed by atoms with Crippen molar-refractivity contribution in [2.24, 2.45) is 5.73 Å². The minimum Gasteiger partial charge on any atom is -0.329 e. The largest absolute Gasteiger partial charge is 0.329 e. The molecule has 0 aromatic rings. The quantitative estimate of drug-likeness (QED) is 0.557. The molecule has 0 unspecified atom stereocenters. The number of rotatable bonds is 4. The molecule has 0 aliphatic carbocycles. The molecule has 0 fully saturated rings. The van der Waals surface area contributed by atoms with Crippen molar-refractivity contribution >= 4 is 0 Å². The molecule has 0 aliphatic heterocycles. The van der Waals surface area contributed by atoms with Gasteiger partial charge in [0.2, 0.25) is 0 Å². The van der Waals surface area contributed by atoms with Crippen molar-refractivity contribution in [2.75, 3.05) is 26.7 Å². The minimum absolute atomic E-state index is 0.744. The van der Waals surface area contributed by atoms with Gasteiger partial charge in [0.15, 0.2) is 0 Å². The fraction of sp³-hybridized carbons (Fsp3) is 0.714. The number of nitrogens with two attached hydrogens (primary N) is 1. The third-order valence-electron chi connectivity index (χ3n) is 1.16. The molecule has 0 atom stereocenters. The fourth-order valence-corrected chi connectivity index (χ4v) is 0.597. The Kier molecular flexibility index (Phi) is 5.57. The van der Waals surface area contributed by atoms with Crippen LogP contribution in [0.4, 0.5) is 0 Å². The number of nitrogens with zero attached hydrogens (tertiary/aromatic N) is 1. The molecule has 0 saturated heterocycles. The predicted octanol–water partition coefficient (Wildman–Crippen LogP) is 0.453. The molecule has 0 spiro atoms. The first kappa shape index (κ1) is 8.66. The molecule has 2 nitrogen and oxygen atoms in total. The van der Waals surface area contributed by atoms with E-state index in [1.54, 1.807) is 0 Å². The Morgan fingerprint density at radius 1 is 1.56 bits per heavy atom. The van der Waals surface area contributed by atoms with E-state index in [4.69, 9.17) is 5.73 Å². The first-order valence-corrected chi connectivity index (χ1v) is 3.31. The molecule has 0 aliphatic rings. The Hall–Kier alpha value is -0.340. The summed E-state index contributed by atoms with van der Waals surface area (Å²) < 4.78 is 0. The first-order chi connectivity index (χ1) is 4.31. The third kappa shape index (κ3) is 5.53. The summed E-state index contributed by atoms with van der Waals surface area (Å²) >= 11 is 0. The predicted molar refractivity (Wildman–Crippen MR) is 41.4 cm³/mol. The van der Waals surface area contributed by atoms with Gasteiger partial charge in [-0.15, -0.1) is 0 Å². The Labute approximate surface area is 57.3 Å². The zero-order valence-corrected chi connectivity index (χ0v) is 6.30. The van der Waals surface area contributed by atoms with Crippen molar-refractivity contribution in [3.05, 3.63) is 12.2 Å². The van der Waals surface area contributed by atoms with E-state index >= 15 is 0 Å². The van der Waals surface area contributed by atoms with Gasteiger partial charge in [0.25, 0.3) is 0 Å². The lowest BCUT2D eigenvalue weighted by atomic mass is 10.4. The van der Waals surface area contributed by atoms with Gasteiger partial charge in [-0.05, 0) is 14.0 Å². The summed E-state index contributed by atoms with van der Waals surface area (Å²) in [5.41, 5.74) is 5.34. The second-order valence-corrected chi connectivity index (χ2v) is 2.12. The maximum Gasteiger partial charge on any atom is 0.0160 e. The topological polar surface area (TPSA) is 29.3 Å². The molecule has 54 valence electrons. The van der Waals surface area contributed by atoms with Crippen molar-refractivity contribution in [3.63, 3.8) is 0 Å². The molecule has 2 heteroatoms.